The number of hydrogen-bond acceptors (Lipinski definition) is 5. The minimum absolute atomic E-state index is 0.163. The summed E-state index contributed by atoms with van der Waals surface area (Å²) in [4.78, 5) is 16.7. The summed E-state index contributed by atoms with van der Waals surface area (Å²) in [7, 11) is 0. The lowest BCUT2D eigenvalue weighted by molar-refractivity contribution is 0.104. The van der Waals surface area contributed by atoms with Crippen LogP contribution in [0.1, 0.15) is 55.5 Å². The van der Waals surface area contributed by atoms with Gasteiger partial charge in [-0.3, -0.25) is 4.79 Å². The first-order valence-corrected chi connectivity index (χ1v) is 11.9. The van der Waals surface area contributed by atoms with Gasteiger partial charge in [-0.2, -0.15) is 5.26 Å². The average Bonchev–Trinajstić information content (AvgIpc) is 3.28. The standard InChI is InChI=1S/C25H29N3OS/c1-3-28(4-2)15-14-27-24-19-12-13-22(30-17-8-5-6-9-17)18-10-7-11-20(23(18)19)25(29)21(24)16-26/h7,10-13,17,27H,3-6,8-9,14-15H2,1-2H3. The second-order valence-electron chi connectivity index (χ2n) is 8.01. The van der Waals surface area contributed by atoms with Crippen LogP contribution in [0.5, 0.6) is 0 Å². The van der Waals surface area contributed by atoms with Crippen molar-refractivity contribution in [2.24, 2.45) is 0 Å². The number of carbonyl (C=O) groups excluding carboxylic acids is 1. The fourth-order valence-electron chi connectivity index (χ4n) is 4.62. The van der Waals surface area contributed by atoms with Crippen molar-refractivity contribution in [1.82, 2.24) is 10.2 Å². The van der Waals surface area contributed by atoms with E-state index in [1.807, 2.05) is 23.9 Å². The number of hydrogen-bond donors (Lipinski definition) is 1. The molecule has 1 N–H and O–H groups in total. The molecular weight excluding hydrogens is 390 g/mol. The van der Waals surface area contributed by atoms with Crippen molar-refractivity contribution < 1.29 is 4.79 Å². The Hall–Kier alpha value is -2.29. The first-order valence-electron chi connectivity index (χ1n) is 11.1. The fraction of sp³-hybridized carbons (Fsp3) is 0.440. The summed E-state index contributed by atoms with van der Waals surface area (Å²) < 4.78 is 0. The molecule has 1 fully saturated rings. The number of nitrogens with zero attached hydrogens (tertiary/aromatic N) is 2. The highest BCUT2D eigenvalue weighted by atomic mass is 32.2. The third-order valence-corrected chi connectivity index (χ3v) is 7.74. The van der Waals surface area contributed by atoms with Gasteiger partial charge >= 0.3 is 0 Å². The second kappa shape index (κ2) is 9.24. The maximum Gasteiger partial charge on any atom is 0.206 e. The Kier molecular flexibility index (Phi) is 6.46. The summed E-state index contributed by atoms with van der Waals surface area (Å²) in [6.07, 6.45) is 5.16. The first-order chi connectivity index (χ1) is 14.7. The molecule has 30 heavy (non-hydrogen) atoms. The zero-order valence-corrected chi connectivity index (χ0v) is 18.6. The van der Waals surface area contributed by atoms with Crippen molar-refractivity contribution in [2.75, 3.05) is 26.2 Å². The molecule has 156 valence electrons. The Morgan fingerprint density at radius 1 is 1.13 bits per heavy atom. The number of benzene rings is 2. The highest BCUT2D eigenvalue weighted by Gasteiger charge is 2.29. The van der Waals surface area contributed by atoms with Crippen molar-refractivity contribution in [2.45, 2.75) is 49.7 Å². The molecule has 0 aliphatic heterocycles. The lowest BCUT2D eigenvalue weighted by Crippen LogP contribution is -2.32. The summed E-state index contributed by atoms with van der Waals surface area (Å²) in [5, 5.41) is 16.0. The van der Waals surface area contributed by atoms with E-state index in [4.69, 9.17) is 0 Å². The topological polar surface area (TPSA) is 56.1 Å². The molecule has 2 aliphatic rings. The van der Waals surface area contributed by atoms with Crippen molar-refractivity contribution in [3.63, 3.8) is 0 Å². The molecule has 4 rings (SSSR count). The lowest BCUT2D eigenvalue weighted by Gasteiger charge is -2.24. The summed E-state index contributed by atoms with van der Waals surface area (Å²) in [6.45, 7) is 7.85. The van der Waals surface area contributed by atoms with Gasteiger partial charge in [-0.25, -0.2) is 0 Å². The van der Waals surface area contributed by atoms with Crippen molar-refractivity contribution in [3.8, 4) is 6.07 Å². The summed E-state index contributed by atoms with van der Waals surface area (Å²) >= 11 is 1.95. The maximum absolute atomic E-state index is 13.2. The Morgan fingerprint density at radius 3 is 2.60 bits per heavy atom. The maximum atomic E-state index is 13.2. The van der Waals surface area contributed by atoms with E-state index in [0.29, 0.717) is 23.1 Å². The van der Waals surface area contributed by atoms with E-state index in [2.05, 4.69) is 48.3 Å². The van der Waals surface area contributed by atoms with Gasteiger partial charge in [-0.1, -0.05) is 51.0 Å². The normalized spacial score (nSPS) is 16.5. The minimum Gasteiger partial charge on any atom is -0.382 e. The number of Topliss-reactive ketones (excluding diaryl/α,β-unsaturated/α-hetero) is 1. The van der Waals surface area contributed by atoms with E-state index in [-0.39, 0.29) is 11.4 Å². The monoisotopic (exact) mass is 419 g/mol. The average molecular weight is 420 g/mol. The van der Waals surface area contributed by atoms with Crippen LogP contribution in [0.25, 0.3) is 16.5 Å². The van der Waals surface area contributed by atoms with E-state index in [9.17, 15) is 10.1 Å². The fourth-order valence-corrected chi connectivity index (χ4v) is 5.99. The van der Waals surface area contributed by atoms with Crippen LogP contribution in [0.15, 0.2) is 40.8 Å². The molecule has 0 unspecified atom stereocenters. The van der Waals surface area contributed by atoms with Crippen molar-refractivity contribution in [3.05, 3.63) is 47.0 Å². The van der Waals surface area contributed by atoms with Crippen LogP contribution in [0.2, 0.25) is 0 Å². The Balaban J connectivity index is 1.73. The van der Waals surface area contributed by atoms with Gasteiger partial charge in [0, 0.05) is 39.7 Å². The lowest BCUT2D eigenvalue weighted by atomic mass is 9.86. The molecule has 2 aromatic carbocycles. The predicted molar refractivity (Wildman–Crippen MR) is 125 cm³/mol. The number of ketones is 1. The molecular formula is C25H29N3OS. The van der Waals surface area contributed by atoms with E-state index in [1.165, 1.54) is 30.6 Å². The molecule has 0 heterocycles. The Morgan fingerprint density at radius 2 is 1.90 bits per heavy atom. The van der Waals surface area contributed by atoms with Gasteiger partial charge in [0.2, 0.25) is 5.78 Å². The van der Waals surface area contributed by atoms with Gasteiger partial charge in [0.05, 0.1) is 5.70 Å². The Bertz CT molecular complexity index is 1030. The Labute approximate surface area is 183 Å². The molecule has 0 bridgehead atoms. The molecule has 0 saturated heterocycles. The van der Waals surface area contributed by atoms with Crippen LogP contribution in [0, 0.1) is 11.3 Å². The smallest absolute Gasteiger partial charge is 0.206 e. The van der Waals surface area contributed by atoms with Gasteiger partial charge < -0.3 is 10.2 Å². The molecule has 2 aromatic rings. The quantitative estimate of drug-likeness (QED) is 0.634. The molecule has 0 spiro atoms. The largest absolute Gasteiger partial charge is 0.382 e. The van der Waals surface area contributed by atoms with E-state index >= 15 is 0 Å². The van der Waals surface area contributed by atoms with E-state index in [0.717, 1.165) is 36.0 Å². The number of nitriles is 1. The van der Waals surface area contributed by atoms with Crippen LogP contribution in [0.3, 0.4) is 0 Å². The van der Waals surface area contributed by atoms with Gasteiger partial charge in [0.1, 0.15) is 11.6 Å². The number of nitrogens with one attached hydrogen (secondary N) is 1. The minimum atomic E-state index is -0.163. The second-order valence-corrected chi connectivity index (χ2v) is 9.35. The molecule has 4 nitrogen and oxygen atoms in total. The van der Waals surface area contributed by atoms with Crippen molar-refractivity contribution >= 4 is 34.0 Å². The van der Waals surface area contributed by atoms with Crippen LogP contribution >= 0.6 is 11.8 Å². The molecule has 1 saturated carbocycles. The number of allylic oxidation sites excluding steroid dienone is 1. The highest BCUT2D eigenvalue weighted by molar-refractivity contribution is 8.00. The third kappa shape index (κ3) is 3.87. The number of carbonyl (C=O) groups is 1. The van der Waals surface area contributed by atoms with Gasteiger partial charge in [-0.15, -0.1) is 11.8 Å². The zero-order chi connectivity index (χ0) is 21.1. The summed E-state index contributed by atoms with van der Waals surface area (Å²) in [5.74, 6) is -0.163. The predicted octanol–water partition coefficient (Wildman–Crippen LogP) is 5.24. The molecule has 0 aromatic heterocycles. The summed E-state index contributed by atoms with van der Waals surface area (Å²) in [6, 6.07) is 12.4. The SMILES string of the molecule is CCN(CC)CCNC1=C(C#N)C(=O)c2cccc3c(SC4CCCC4)ccc1c23. The molecule has 0 atom stereocenters. The van der Waals surface area contributed by atoms with E-state index in [1.54, 1.807) is 0 Å². The third-order valence-electron chi connectivity index (χ3n) is 6.32. The van der Waals surface area contributed by atoms with Crippen LogP contribution in [0.4, 0.5) is 0 Å². The van der Waals surface area contributed by atoms with Gasteiger partial charge in [-0.05, 0) is 37.4 Å². The van der Waals surface area contributed by atoms with Crippen molar-refractivity contribution in [1.29, 1.82) is 5.26 Å². The van der Waals surface area contributed by atoms with Gasteiger partial charge in [0.15, 0.2) is 0 Å². The highest BCUT2D eigenvalue weighted by Crippen LogP contribution is 2.42. The first kappa shape index (κ1) is 21.0. The zero-order valence-electron chi connectivity index (χ0n) is 17.8. The van der Waals surface area contributed by atoms with Crippen LogP contribution in [-0.2, 0) is 0 Å². The van der Waals surface area contributed by atoms with Crippen LogP contribution in [-0.4, -0.2) is 42.1 Å². The number of rotatable bonds is 8. The molecule has 0 amide bonds. The van der Waals surface area contributed by atoms with Gasteiger partial charge in [0.25, 0.3) is 0 Å². The van der Waals surface area contributed by atoms with Crippen LogP contribution < -0.4 is 5.32 Å². The van der Waals surface area contributed by atoms with E-state index < -0.39 is 0 Å². The number of likely N-dealkylation sites (N-methyl/N-ethyl adjacent to an activating group) is 1. The summed E-state index contributed by atoms with van der Waals surface area (Å²) in [5.41, 5.74) is 2.55. The molecule has 0 radical (unpaired) electrons. The molecule has 2 aliphatic carbocycles. The molecule has 5 heteroatoms. The number of thioether (sulfide) groups is 1.